The minimum absolute atomic E-state index is 0.216. The average molecular weight is 271 g/mol. The van der Waals surface area contributed by atoms with Crippen molar-refractivity contribution in [3.63, 3.8) is 0 Å². The second-order valence-corrected chi connectivity index (χ2v) is 5.79. The van der Waals surface area contributed by atoms with Crippen LogP contribution in [0.1, 0.15) is 36.7 Å². The van der Waals surface area contributed by atoms with E-state index in [0.717, 1.165) is 12.8 Å². The number of aromatic amines is 1. The Hall–Kier alpha value is -2.17. The zero-order valence-electron chi connectivity index (χ0n) is 11.4. The van der Waals surface area contributed by atoms with Crippen molar-refractivity contribution in [1.82, 2.24) is 15.5 Å². The third kappa shape index (κ3) is 2.19. The topological polar surface area (TPSA) is 74.8 Å². The highest BCUT2D eigenvalue weighted by molar-refractivity contribution is 6.04. The standard InChI is InChI=1S/C15H17N3O2/c1-15(7-4-8-15)9-16-14(20)12-10-5-2-3-6-11(10)13(19)18-17-12/h2-3,5-6H,4,7-9H2,1H3,(H,16,20)(H,18,19). The first-order valence-corrected chi connectivity index (χ1v) is 6.85. The lowest BCUT2D eigenvalue weighted by molar-refractivity contribution is 0.0886. The van der Waals surface area contributed by atoms with Gasteiger partial charge in [-0.05, 0) is 24.3 Å². The molecule has 1 aromatic heterocycles. The van der Waals surface area contributed by atoms with E-state index in [1.807, 2.05) is 0 Å². The largest absolute Gasteiger partial charge is 0.350 e. The zero-order valence-corrected chi connectivity index (χ0v) is 11.4. The molecule has 2 aromatic rings. The molecule has 1 saturated carbocycles. The highest BCUT2D eigenvalue weighted by Crippen LogP contribution is 2.39. The summed E-state index contributed by atoms with van der Waals surface area (Å²) in [6.07, 6.45) is 3.52. The van der Waals surface area contributed by atoms with Gasteiger partial charge in [-0.3, -0.25) is 9.59 Å². The molecule has 0 spiro atoms. The van der Waals surface area contributed by atoms with Gasteiger partial charge in [0.05, 0.1) is 5.39 Å². The van der Waals surface area contributed by atoms with Crippen LogP contribution < -0.4 is 10.9 Å². The summed E-state index contributed by atoms with van der Waals surface area (Å²) in [7, 11) is 0. The van der Waals surface area contributed by atoms with E-state index in [1.54, 1.807) is 24.3 Å². The SMILES string of the molecule is CC1(CNC(=O)c2n[nH]c(=O)c3ccccc23)CCC1. The van der Waals surface area contributed by atoms with Gasteiger partial charge >= 0.3 is 0 Å². The van der Waals surface area contributed by atoms with Gasteiger partial charge < -0.3 is 5.32 Å². The van der Waals surface area contributed by atoms with E-state index in [4.69, 9.17) is 0 Å². The molecule has 2 N–H and O–H groups in total. The number of aromatic nitrogens is 2. The molecule has 0 bridgehead atoms. The highest BCUT2D eigenvalue weighted by atomic mass is 16.2. The number of hydrogen-bond acceptors (Lipinski definition) is 3. The van der Waals surface area contributed by atoms with Crippen molar-refractivity contribution in [2.75, 3.05) is 6.54 Å². The molecule has 5 heteroatoms. The molecule has 0 unspecified atom stereocenters. The molecular formula is C15H17N3O2. The molecule has 0 aliphatic heterocycles. The fourth-order valence-electron chi connectivity index (χ4n) is 2.62. The van der Waals surface area contributed by atoms with Crippen molar-refractivity contribution in [3.8, 4) is 0 Å². The quantitative estimate of drug-likeness (QED) is 0.894. The Labute approximate surface area is 116 Å². The lowest BCUT2D eigenvalue weighted by Crippen LogP contribution is -2.40. The first-order valence-electron chi connectivity index (χ1n) is 6.85. The van der Waals surface area contributed by atoms with Crippen LogP contribution in [0.2, 0.25) is 0 Å². The van der Waals surface area contributed by atoms with Crippen molar-refractivity contribution in [1.29, 1.82) is 0 Å². The van der Waals surface area contributed by atoms with Gasteiger partial charge in [0.2, 0.25) is 0 Å². The van der Waals surface area contributed by atoms with E-state index in [9.17, 15) is 9.59 Å². The van der Waals surface area contributed by atoms with Crippen LogP contribution in [0.5, 0.6) is 0 Å². The van der Waals surface area contributed by atoms with E-state index in [2.05, 4.69) is 22.4 Å². The van der Waals surface area contributed by atoms with E-state index < -0.39 is 0 Å². The van der Waals surface area contributed by atoms with E-state index in [0.29, 0.717) is 17.3 Å². The minimum atomic E-state index is -0.275. The van der Waals surface area contributed by atoms with Gasteiger partial charge in [0, 0.05) is 11.9 Å². The van der Waals surface area contributed by atoms with E-state index >= 15 is 0 Å². The van der Waals surface area contributed by atoms with Crippen LogP contribution in [0.25, 0.3) is 10.8 Å². The second kappa shape index (κ2) is 4.74. The molecule has 3 rings (SSSR count). The first-order chi connectivity index (χ1) is 9.59. The normalized spacial score (nSPS) is 16.6. The summed E-state index contributed by atoms with van der Waals surface area (Å²) in [4.78, 5) is 23.9. The number of carbonyl (C=O) groups excluding carboxylic acids is 1. The molecule has 0 radical (unpaired) electrons. The molecule has 1 heterocycles. The van der Waals surface area contributed by atoms with E-state index in [-0.39, 0.29) is 22.6 Å². The maximum atomic E-state index is 12.3. The fourth-order valence-corrected chi connectivity index (χ4v) is 2.62. The number of hydrogen-bond donors (Lipinski definition) is 2. The van der Waals surface area contributed by atoms with Crippen molar-refractivity contribution < 1.29 is 4.79 Å². The Morgan fingerprint density at radius 2 is 2.05 bits per heavy atom. The predicted octanol–water partition coefficient (Wildman–Crippen LogP) is 1.84. The van der Waals surface area contributed by atoms with Gasteiger partial charge in [-0.25, -0.2) is 5.10 Å². The van der Waals surface area contributed by atoms with Crippen molar-refractivity contribution in [2.45, 2.75) is 26.2 Å². The molecule has 1 amide bonds. The number of nitrogens with one attached hydrogen (secondary N) is 2. The lowest BCUT2D eigenvalue weighted by atomic mass is 9.70. The van der Waals surface area contributed by atoms with Crippen molar-refractivity contribution in [2.24, 2.45) is 5.41 Å². The summed E-state index contributed by atoms with van der Waals surface area (Å²) in [5, 5.41) is 10.3. The van der Waals surface area contributed by atoms with Crippen LogP contribution in [-0.2, 0) is 0 Å². The molecule has 1 aliphatic rings. The molecule has 20 heavy (non-hydrogen) atoms. The number of rotatable bonds is 3. The maximum absolute atomic E-state index is 12.3. The predicted molar refractivity (Wildman–Crippen MR) is 76.7 cm³/mol. The van der Waals surface area contributed by atoms with Gasteiger partial charge in [-0.2, -0.15) is 5.10 Å². The highest BCUT2D eigenvalue weighted by Gasteiger charge is 2.32. The summed E-state index contributed by atoms with van der Waals surface area (Å²) >= 11 is 0. The zero-order chi connectivity index (χ0) is 14.2. The van der Waals surface area contributed by atoms with E-state index in [1.165, 1.54) is 6.42 Å². The van der Waals surface area contributed by atoms with Gasteiger partial charge in [0.25, 0.3) is 11.5 Å². The summed E-state index contributed by atoms with van der Waals surface area (Å²) in [5.41, 5.74) is 0.222. The number of H-pyrrole nitrogens is 1. The lowest BCUT2D eigenvalue weighted by Gasteiger charge is -2.38. The van der Waals surface area contributed by atoms with Crippen molar-refractivity contribution in [3.05, 3.63) is 40.3 Å². The number of nitrogens with zero attached hydrogens (tertiary/aromatic N) is 1. The Kier molecular flexibility index (Phi) is 3.04. The van der Waals surface area contributed by atoms with Crippen LogP contribution in [0.4, 0.5) is 0 Å². The Bertz CT molecular complexity index is 716. The third-order valence-corrected chi connectivity index (χ3v) is 4.15. The first kappa shape index (κ1) is 12.8. The monoisotopic (exact) mass is 271 g/mol. The molecule has 0 atom stereocenters. The second-order valence-electron chi connectivity index (χ2n) is 5.79. The van der Waals surface area contributed by atoms with Crippen LogP contribution in [0.3, 0.4) is 0 Å². The Balaban J connectivity index is 1.88. The van der Waals surface area contributed by atoms with Gasteiger partial charge in [0.1, 0.15) is 0 Å². The van der Waals surface area contributed by atoms with Gasteiger partial charge in [-0.15, -0.1) is 0 Å². The summed E-state index contributed by atoms with van der Waals surface area (Å²) in [5.74, 6) is -0.231. The molecule has 1 aromatic carbocycles. The third-order valence-electron chi connectivity index (χ3n) is 4.15. The molecule has 5 nitrogen and oxygen atoms in total. The number of carbonyl (C=O) groups is 1. The van der Waals surface area contributed by atoms with Gasteiger partial charge in [0.15, 0.2) is 5.69 Å². The molecule has 1 aliphatic carbocycles. The summed E-state index contributed by atoms with van der Waals surface area (Å²) in [6, 6.07) is 7.01. The molecule has 104 valence electrons. The number of benzene rings is 1. The number of fused-ring (bicyclic) bond motifs is 1. The Morgan fingerprint density at radius 3 is 2.70 bits per heavy atom. The molecular weight excluding hydrogens is 254 g/mol. The fraction of sp³-hybridized carbons (Fsp3) is 0.400. The summed E-state index contributed by atoms with van der Waals surface area (Å²) in [6.45, 7) is 2.83. The molecule has 1 fully saturated rings. The van der Waals surface area contributed by atoms with Crippen LogP contribution in [0.15, 0.2) is 29.1 Å². The Morgan fingerprint density at radius 1 is 1.35 bits per heavy atom. The maximum Gasteiger partial charge on any atom is 0.272 e. The molecule has 0 saturated heterocycles. The summed E-state index contributed by atoms with van der Waals surface area (Å²) < 4.78 is 0. The van der Waals surface area contributed by atoms with Crippen LogP contribution >= 0.6 is 0 Å². The van der Waals surface area contributed by atoms with Gasteiger partial charge in [-0.1, -0.05) is 31.5 Å². The van der Waals surface area contributed by atoms with Crippen LogP contribution in [-0.4, -0.2) is 22.6 Å². The number of amides is 1. The van der Waals surface area contributed by atoms with Crippen molar-refractivity contribution >= 4 is 16.7 Å². The van der Waals surface area contributed by atoms with Crippen LogP contribution in [0, 0.1) is 5.41 Å². The minimum Gasteiger partial charge on any atom is -0.350 e. The smallest absolute Gasteiger partial charge is 0.272 e. The average Bonchev–Trinajstić information content (AvgIpc) is 2.43.